The Morgan fingerprint density at radius 2 is 1.78 bits per heavy atom. The monoisotopic (exact) mass is 316 g/mol. The summed E-state index contributed by atoms with van der Waals surface area (Å²) in [5, 5.41) is 10.9. The summed E-state index contributed by atoms with van der Waals surface area (Å²) in [7, 11) is 2.08. The highest BCUT2D eigenvalue weighted by molar-refractivity contribution is 5.77. The summed E-state index contributed by atoms with van der Waals surface area (Å²) in [6.07, 6.45) is 2.94. The topological polar surface area (TPSA) is 43.8 Å². The molecule has 2 fully saturated rings. The van der Waals surface area contributed by atoms with E-state index in [1.165, 1.54) is 5.56 Å². The molecular weight excluding hydrogens is 288 g/mol. The fourth-order valence-corrected chi connectivity index (χ4v) is 3.90. The second kappa shape index (κ2) is 6.25. The third kappa shape index (κ3) is 3.59. The molecule has 2 aliphatic rings. The molecule has 1 unspecified atom stereocenters. The Bertz CT molecular complexity index is 552. The number of carbonyl (C=O) groups excluding carboxylic acids is 1. The predicted octanol–water partition coefficient (Wildman–Crippen LogP) is 2.02. The standard InChI is InChI=1S/C19H28N2O2/c1-18(16-6-4-3-5-7-16)9-8-17(22)21(14-18)15-19(23)10-12-20(2)13-11-19/h3-7,23H,8-15H2,1-2H3. The van der Waals surface area contributed by atoms with Gasteiger partial charge in [-0.3, -0.25) is 4.79 Å². The molecule has 0 spiro atoms. The number of β-amino-alcohol motifs (C(OH)–C–C–N with tert-alkyl or cyclic N) is 1. The van der Waals surface area contributed by atoms with Crippen molar-refractivity contribution in [3.05, 3.63) is 35.9 Å². The molecule has 3 rings (SSSR count). The van der Waals surface area contributed by atoms with Crippen molar-refractivity contribution in [3.63, 3.8) is 0 Å². The Labute approximate surface area is 139 Å². The SMILES string of the molecule is CN1CCC(O)(CN2CC(C)(c3ccccc3)CCC2=O)CC1. The van der Waals surface area contributed by atoms with Gasteiger partial charge in [0.1, 0.15) is 0 Å². The molecule has 1 aromatic carbocycles. The van der Waals surface area contributed by atoms with E-state index in [1.54, 1.807) is 0 Å². The number of piperidine rings is 2. The maximum Gasteiger partial charge on any atom is 0.222 e. The van der Waals surface area contributed by atoms with E-state index in [4.69, 9.17) is 0 Å². The van der Waals surface area contributed by atoms with Crippen LogP contribution in [0.1, 0.15) is 38.2 Å². The Balaban J connectivity index is 1.73. The van der Waals surface area contributed by atoms with Gasteiger partial charge in [-0.1, -0.05) is 37.3 Å². The average Bonchev–Trinajstić information content (AvgIpc) is 2.55. The summed E-state index contributed by atoms with van der Waals surface area (Å²) in [5.74, 6) is 0.186. The first-order chi connectivity index (χ1) is 10.9. The van der Waals surface area contributed by atoms with Gasteiger partial charge in [0.2, 0.25) is 5.91 Å². The number of carbonyl (C=O) groups is 1. The van der Waals surface area contributed by atoms with Gasteiger partial charge in [0.15, 0.2) is 0 Å². The Hall–Kier alpha value is -1.39. The zero-order valence-electron chi connectivity index (χ0n) is 14.3. The van der Waals surface area contributed by atoms with Crippen LogP contribution in [0.2, 0.25) is 0 Å². The number of likely N-dealkylation sites (tertiary alicyclic amines) is 2. The van der Waals surface area contributed by atoms with Crippen LogP contribution >= 0.6 is 0 Å². The molecule has 2 heterocycles. The lowest BCUT2D eigenvalue weighted by Crippen LogP contribution is -2.56. The number of hydrogen-bond donors (Lipinski definition) is 1. The van der Waals surface area contributed by atoms with Crippen LogP contribution in [0.15, 0.2) is 30.3 Å². The molecule has 1 amide bonds. The van der Waals surface area contributed by atoms with E-state index in [1.807, 2.05) is 11.0 Å². The van der Waals surface area contributed by atoms with E-state index < -0.39 is 5.60 Å². The molecule has 2 aliphatic heterocycles. The first-order valence-corrected chi connectivity index (χ1v) is 8.65. The molecule has 0 bridgehead atoms. The fourth-order valence-electron chi connectivity index (χ4n) is 3.90. The number of aliphatic hydroxyl groups is 1. The van der Waals surface area contributed by atoms with Gasteiger partial charge >= 0.3 is 0 Å². The summed E-state index contributed by atoms with van der Waals surface area (Å²) < 4.78 is 0. The van der Waals surface area contributed by atoms with Crippen LogP contribution in [-0.4, -0.2) is 59.6 Å². The van der Waals surface area contributed by atoms with Crippen LogP contribution < -0.4 is 0 Å². The van der Waals surface area contributed by atoms with Crippen molar-refractivity contribution < 1.29 is 9.90 Å². The van der Waals surface area contributed by atoms with Crippen molar-refractivity contribution in [1.82, 2.24) is 9.80 Å². The average molecular weight is 316 g/mol. The van der Waals surface area contributed by atoms with Gasteiger partial charge in [0, 0.05) is 38.0 Å². The van der Waals surface area contributed by atoms with Crippen LogP contribution in [0.25, 0.3) is 0 Å². The lowest BCUT2D eigenvalue weighted by atomic mass is 9.75. The van der Waals surface area contributed by atoms with Crippen molar-refractivity contribution in [2.24, 2.45) is 0 Å². The van der Waals surface area contributed by atoms with Crippen molar-refractivity contribution in [1.29, 1.82) is 0 Å². The van der Waals surface area contributed by atoms with E-state index in [9.17, 15) is 9.90 Å². The largest absolute Gasteiger partial charge is 0.388 e. The number of hydrogen-bond acceptors (Lipinski definition) is 3. The molecule has 0 aromatic heterocycles. The Morgan fingerprint density at radius 1 is 1.13 bits per heavy atom. The second-order valence-electron chi connectivity index (χ2n) is 7.70. The Kier molecular flexibility index (Phi) is 4.47. The van der Waals surface area contributed by atoms with E-state index >= 15 is 0 Å². The molecular formula is C19H28N2O2. The minimum Gasteiger partial charge on any atom is -0.388 e. The molecule has 1 atom stereocenters. The first kappa shape index (κ1) is 16.5. The van der Waals surface area contributed by atoms with Crippen LogP contribution in [0.4, 0.5) is 0 Å². The third-order valence-corrected chi connectivity index (χ3v) is 5.66. The van der Waals surface area contributed by atoms with Gasteiger partial charge in [0.05, 0.1) is 5.60 Å². The zero-order chi connectivity index (χ0) is 16.5. The normalized spacial score (nSPS) is 28.8. The van der Waals surface area contributed by atoms with E-state index in [0.29, 0.717) is 19.5 Å². The summed E-state index contributed by atoms with van der Waals surface area (Å²) in [4.78, 5) is 16.5. The van der Waals surface area contributed by atoms with Gasteiger partial charge in [0.25, 0.3) is 0 Å². The molecule has 0 aliphatic carbocycles. The molecule has 126 valence electrons. The maximum absolute atomic E-state index is 12.4. The van der Waals surface area contributed by atoms with Gasteiger partial charge in [-0.05, 0) is 31.9 Å². The molecule has 2 saturated heterocycles. The van der Waals surface area contributed by atoms with Crippen molar-refractivity contribution in [3.8, 4) is 0 Å². The number of rotatable bonds is 3. The van der Waals surface area contributed by atoms with Gasteiger partial charge in [-0.15, -0.1) is 0 Å². The summed E-state index contributed by atoms with van der Waals surface area (Å²) in [5.41, 5.74) is 0.543. The van der Waals surface area contributed by atoms with Crippen LogP contribution in [-0.2, 0) is 10.2 Å². The number of nitrogens with zero attached hydrogens (tertiary/aromatic N) is 2. The summed E-state index contributed by atoms with van der Waals surface area (Å²) in [6, 6.07) is 10.5. The second-order valence-corrected chi connectivity index (χ2v) is 7.70. The molecule has 4 heteroatoms. The van der Waals surface area contributed by atoms with Crippen molar-refractivity contribution >= 4 is 5.91 Å². The summed E-state index contributed by atoms with van der Waals surface area (Å²) in [6.45, 7) is 5.21. The number of amides is 1. The molecule has 23 heavy (non-hydrogen) atoms. The van der Waals surface area contributed by atoms with Gasteiger partial charge in [-0.2, -0.15) is 0 Å². The molecule has 4 nitrogen and oxygen atoms in total. The van der Waals surface area contributed by atoms with Gasteiger partial charge < -0.3 is 14.9 Å². The third-order valence-electron chi connectivity index (χ3n) is 5.66. The quantitative estimate of drug-likeness (QED) is 0.928. The van der Waals surface area contributed by atoms with Crippen LogP contribution in [0.5, 0.6) is 0 Å². The molecule has 0 saturated carbocycles. The minimum absolute atomic E-state index is 0.0169. The Morgan fingerprint density at radius 3 is 2.43 bits per heavy atom. The van der Waals surface area contributed by atoms with Crippen molar-refractivity contribution in [2.75, 3.05) is 33.2 Å². The lowest BCUT2D eigenvalue weighted by molar-refractivity contribution is -0.141. The minimum atomic E-state index is -0.725. The highest BCUT2D eigenvalue weighted by Gasteiger charge is 2.40. The fraction of sp³-hybridized carbons (Fsp3) is 0.632. The van der Waals surface area contributed by atoms with Gasteiger partial charge in [-0.25, -0.2) is 0 Å². The zero-order valence-corrected chi connectivity index (χ0v) is 14.3. The summed E-state index contributed by atoms with van der Waals surface area (Å²) >= 11 is 0. The maximum atomic E-state index is 12.4. The molecule has 0 radical (unpaired) electrons. The van der Waals surface area contributed by atoms with E-state index in [0.717, 1.165) is 32.4 Å². The van der Waals surface area contributed by atoms with Crippen molar-refractivity contribution in [2.45, 2.75) is 43.6 Å². The predicted molar refractivity (Wildman–Crippen MR) is 91.3 cm³/mol. The molecule has 1 aromatic rings. The molecule has 1 N–H and O–H groups in total. The highest BCUT2D eigenvalue weighted by Crippen LogP contribution is 2.35. The highest BCUT2D eigenvalue weighted by atomic mass is 16.3. The van der Waals surface area contributed by atoms with Crippen LogP contribution in [0.3, 0.4) is 0 Å². The lowest BCUT2D eigenvalue weighted by Gasteiger charge is -2.45. The van der Waals surface area contributed by atoms with E-state index in [-0.39, 0.29) is 11.3 Å². The smallest absolute Gasteiger partial charge is 0.222 e. The van der Waals surface area contributed by atoms with Crippen LogP contribution in [0, 0.1) is 0 Å². The number of benzene rings is 1. The van der Waals surface area contributed by atoms with E-state index in [2.05, 4.69) is 43.1 Å². The first-order valence-electron chi connectivity index (χ1n) is 8.65.